The molecule has 0 aliphatic rings. The maximum atomic E-state index is 12.7. The Kier molecular flexibility index (Phi) is 5.07. The predicted molar refractivity (Wildman–Crippen MR) is 108 cm³/mol. The largest absolute Gasteiger partial charge is 0.497 e. The molecule has 4 rings (SSSR count). The summed E-state index contributed by atoms with van der Waals surface area (Å²) in [5, 5.41) is 11.2. The third-order valence-electron chi connectivity index (χ3n) is 4.50. The number of benzene rings is 2. The van der Waals surface area contributed by atoms with Crippen molar-refractivity contribution in [2.75, 3.05) is 7.11 Å². The first-order valence-electron chi connectivity index (χ1n) is 9.04. The fraction of sp³-hybridized carbons (Fsp3) is 0.143. The summed E-state index contributed by atoms with van der Waals surface area (Å²) >= 11 is 0. The number of carbonyl (C=O) groups excluding carboxylic acids is 1. The molecule has 1 amide bonds. The second kappa shape index (κ2) is 7.97. The molecule has 0 aliphatic heterocycles. The van der Waals surface area contributed by atoms with Crippen LogP contribution in [0.25, 0.3) is 16.8 Å². The van der Waals surface area contributed by atoms with Gasteiger partial charge in [0.1, 0.15) is 24.1 Å². The highest BCUT2D eigenvalue weighted by Crippen LogP contribution is 2.17. The molecular weight excluding hydrogens is 370 g/mol. The van der Waals surface area contributed by atoms with Crippen molar-refractivity contribution in [3.05, 3.63) is 82.9 Å². The summed E-state index contributed by atoms with van der Waals surface area (Å²) in [4.78, 5) is 25.0. The summed E-state index contributed by atoms with van der Waals surface area (Å²) in [5.74, 6) is 0.447. The van der Waals surface area contributed by atoms with Gasteiger partial charge in [0.25, 0.3) is 5.56 Å². The van der Waals surface area contributed by atoms with E-state index in [1.165, 1.54) is 10.8 Å². The van der Waals surface area contributed by atoms with E-state index < -0.39 is 0 Å². The van der Waals surface area contributed by atoms with Crippen molar-refractivity contribution in [2.24, 2.45) is 0 Å². The number of nitrogens with one attached hydrogen (secondary N) is 1. The molecule has 0 spiro atoms. The van der Waals surface area contributed by atoms with E-state index in [4.69, 9.17) is 4.74 Å². The summed E-state index contributed by atoms with van der Waals surface area (Å²) in [6.45, 7) is 0.183. The molecule has 2 aromatic carbocycles. The van der Waals surface area contributed by atoms with Crippen LogP contribution in [-0.4, -0.2) is 32.4 Å². The molecular formula is C21H19N5O3. The molecule has 2 heterocycles. The van der Waals surface area contributed by atoms with Crippen LogP contribution in [0.2, 0.25) is 0 Å². The number of ether oxygens (including phenoxy) is 1. The zero-order valence-corrected chi connectivity index (χ0v) is 15.8. The molecule has 0 fully saturated rings. The maximum absolute atomic E-state index is 12.7. The molecule has 29 heavy (non-hydrogen) atoms. The van der Waals surface area contributed by atoms with Gasteiger partial charge in [-0.1, -0.05) is 42.5 Å². The Hall–Kier alpha value is -3.94. The molecule has 0 bridgehead atoms. The Morgan fingerprint density at radius 3 is 2.59 bits per heavy atom. The number of nitrogens with zero attached hydrogens (tertiary/aromatic N) is 4. The number of aromatic nitrogens is 4. The fourth-order valence-electron chi connectivity index (χ4n) is 2.94. The number of fused-ring (bicyclic) bond motifs is 1. The molecule has 0 aliphatic carbocycles. The summed E-state index contributed by atoms with van der Waals surface area (Å²) in [6.07, 6.45) is 1.43. The molecule has 0 atom stereocenters. The van der Waals surface area contributed by atoms with E-state index in [1.807, 2.05) is 54.6 Å². The number of carbonyl (C=O) groups is 1. The summed E-state index contributed by atoms with van der Waals surface area (Å²) in [5.41, 5.74) is 2.49. The summed E-state index contributed by atoms with van der Waals surface area (Å²) in [6, 6.07) is 18.6. The van der Waals surface area contributed by atoms with Crippen molar-refractivity contribution in [2.45, 2.75) is 13.1 Å². The first-order chi connectivity index (χ1) is 14.1. The monoisotopic (exact) mass is 389 g/mol. The predicted octanol–water partition coefficient (Wildman–Crippen LogP) is 1.88. The molecule has 0 radical (unpaired) electrons. The molecule has 1 N–H and O–H groups in total. The molecule has 146 valence electrons. The minimum absolute atomic E-state index is 0.169. The number of hydrogen-bond acceptors (Lipinski definition) is 5. The van der Waals surface area contributed by atoms with Gasteiger partial charge in [-0.15, -0.1) is 0 Å². The van der Waals surface area contributed by atoms with Gasteiger partial charge in [-0.3, -0.25) is 9.59 Å². The smallest absolute Gasteiger partial charge is 0.293 e. The van der Waals surface area contributed by atoms with Crippen molar-refractivity contribution >= 4 is 11.4 Å². The first kappa shape index (κ1) is 18.4. The van der Waals surface area contributed by atoms with Crippen molar-refractivity contribution < 1.29 is 9.53 Å². The zero-order valence-electron chi connectivity index (χ0n) is 15.8. The van der Waals surface area contributed by atoms with E-state index in [9.17, 15) is 9.59 Å². The highest BCUT2D eigenvalue weighted by Gasteiger charge is 2.12. The average Bonchev–Trinajstić information content (AvgIpc) is 3.20. The zero-order chi connectivity index (χ0) is 20.2. The molecule has 8 heteroatoms. The summed E-state index contributed by atoms with van der Waals surface area (Å²) < 4.78 is 7.67. The van der Waals surface area contributed by atoms with E-state index in [-0.39, 0.29) is 18.0 Å². The van der Waals surface area contributed by atoms with E-state index in [1.54, 1.807) is 13.2 Å². The van der Waals surface area contributed by atoms with Crippen molar-refractivity contribution in [3.63, 3.8) is 0 Å². The molecule has 0 unspecified atom stereocenters. The Balaban J connectivity index is 1.48. The van der Waals surface area contributed by atoms with Crippen molar-refractivity contribution in [1.29, 1.82) is 0 Å². The standard InChI is InChI=1S/C21H19N5O3/c1-29-17-9-7-15(8-10-17)12-22-20(27)13-25-21(28)19-11-18(24-26(19)14-23-25)16-5-3-2-4-6-16/h2-11,14H,12-13H2,1H3,(H,22,27). The lowest BCUT2D eigenvalue weighted by atomic mass is 10.1. The molecule has 8 nitrogen and oxygen atoms in total. The van der Waals surface area contributed by atoms with E-state index >= 15 is 0 Å². The second-order valence-corrected chi connectivity index (χ2v) is 6.44. The van der Waals surface area contributed by atoms with Gasteiger partial charge in [0.2, 0.25) is 5.91 Å². The van der Waals surface area contributed by atoms with Gasteiger partial charge in [0.15, 0.2) is 0 Å². The van der Waals surface area contributed by atoms with Gasteiger partial charge in [-0.2, -0.15) is 10.2 Å². The van der Waals surface area contributed by atoms with E-state index in [0.717, 1.165) is 21.6 Å². The average molecular weight is 389 g/mol. The Labute approximate surface area is 166 Å². The van der Waals surface area contributed by atoms with Crippen LogP contribution in [0.3, 0.4) is 0 Å². The lowest BCUT2D eigenvalue weighted by Crippen LogP contribution is -2.34. The Morgan fingerprint density at radius 1 is 1.10 bits per heavy atom. The molecule has 2 aromatic heterocycles. The van der Waals surface area contributed by atoms with Crippen LogP contribution in [0.1, 0.15) is 5.56 Å². The van der Waals surface area contributed by atoms with Crippen LogP contribution < -0.4 is 15.6 Å². The number of methoxy groups -OCH3 is 1. The van der Waals surface area contributed by atoms with Gasteiger partial charge >= 0.3 is 0 Å². The lowest BCUT2D eigenvalue weighted by molar-refractivity contribution is -0.122. The number of hydrogen-bond donors (Lipinski definition) is 1. The van der Waals surface area contributed by atoms with Crippen LogP contribution in [0.15, 0.2) is 71.8 Å². The minimum Gasteiger partial charge on any atom is -0.497 e. The molecule has 4 aromatic rings. The van der Waals surface area contributed by atoms with Gasteiger partial charge in [0, 0.05) is 12.1 Å². The Morgan fingerprint density at radius 2 is 1.86 bits per heavy atom. The molecule has 0 saturated heterocycles. The second-order valence-electron chi connectivity index (χ2n) is 6.44. The van der Waals surface area contributed by atoms with Crippen molar-refractivity contribution in [1.82, 2.24) is 24.7 Å². The van der Waals surface area contributed by atoms with E-state index in [2.05, 4.69) is 15.5 Å². The third kappa shape index (κ3) is 4.01. The van der Waals surface area contributed by atoms with Gasteiger partial charge in [-0.25, -0.2) is 9.20 Å². The quantitative estimate of drug-likeness (QED) is 0.544. The van der Waals surface area contributed by atoms with Gasteiger partial charge in [0.05, 0.1) is 12.8 Å². The van der Waals surface area contributed by atoms with Crippen LogP contribution in [0.4, 0.5) is 0 Å². The van der Waals surface area contributed by atoms with Gasteiger partial charge < -0.3 is 10.1 Å². The number of amides is 1. The van der Waals surface area contributed by atoms with Crippen LogP contribution in [0, 0.1) is 0 Å². The van der Waals surface area contributed by atoms with Crippen LogP contribution >= 0.6 is 0 Å². The van der Waals surface area contributed by atoms with Gasteiger partial charge in [-0.05, 0) is 23.8 Å². The topological polar surface area (TPSA) is 90.5 Å². The van der Waals surface area contributed by atoms with Crippen molar-refractivity contribution in [3.8, 4) is 17.0 Å². The highest BCUT2D eigenvalue weighted by atomic mass is 16.5. The maximum Gasteiger partial charge on any atom is 0.293 e. The molecule has 0 saturated carbocycles. The Bertz CT molecular complexity index is 1200. The lowest BCUT2D eigenvalue weighted by Gasteiger charge is -2.07. The first-order valence-corrected chi connectivity index (χ1v) is 9.04. The SMILES string of the molecule is COc1ccc(CNC(=O)Cn2ncn3nc(-c4ccccc4)cc3c2=O)cc1. The summed E-state index contributed by atoms with van der Waals surface area (Å²) in [7, 11) is 1.60. The third-order valence-corrected chi connectivity index (χ3v) is 4.50. The van der Waals surface area contributed by atoms with Crippen LogP contribution in [-0.2, 0) is 17.9 Å². The fourth-order valence-corrected chi connectivity index (χ4v) is 2.94. The number of rotatable bonds is 6. The van der Waals surface area contributed by atoms with Crippen LogP contribution in [0.5, 0.6) is 5.75 Å². The normalized spacial score (nSPS) is 10.8. The highest BCUT2D eigenvalue weighted by molar-refractivity contribution is 5.75. The van der Waals surface area contributed by atoms with E-state index in [0.29, 0.717) is 17.8 Å². The minimum atomic E-state index is -0.373.